The van der Waals surface area contributed by atoms with Gasteiger partial charge in [0.25, 0.3) is 0 Å². The minimum Gasteiger partial charge on any atom is -0.459 e. The van der Waals surface area contributed by atoms with Crippen LogP contribution in [0, 0.1) is 6.57 Å². The lowest BCUT2D eigenvalue weighted by Crippen LogP contribution is -2.14. The summed E-state index contributed by atoms with van der Waals surface area (Å²) in [6, 6.07) is 17.3. The van der Waals surface area contributed by atoms with Crippen molar-refractivity contribution in [2.24, 2.45) is 0 Å². The van der Waals surface area contributed by atoms with Gasteiger partial charge in [0.15, 0.2) is 17.0 Å². The Labute approximate surface area is 187 Å². The largest absolute Gasteiger partial charge is 0.459 e. The number of aromatic nitrogens is 3. The molecule has 0 bridgehead atoms. The Bertz CT molecular complexity index is 1300. The molecule has 4 aromatic rings. The predicted molar refractivity (Wildman–Crippen MR) is 117 cm³/mol. The number of nitrogens with zero attached hydrogens (tertiary/aromatic N) is 4. The molecule has 0 amide bonds. The Morgan fingerprint density at radius 1 is 1.10 bits per heavy atom. The Morgan fingerprint density at radius 3 is 2.68 bits per heavy atom. The van der Waals surface area contributed by atoms with E-state index >= 15 is 0 Å². The van der Waals surface area contributed by atoms with Crippen molar-refractivity contribution in [2.75, 3.05) is 0 Å². The van der Waals surface area contributed by atoms with Gasteiger partial charge in [-0.1, -0.05) is 58.7 Å². The first kappa shape index (κ1) is 20.7. The molecule has 0 aliphatic rings. The Hall–Kier alpha value is -3.60. The third kappa shape index (κ3) is 4.77. The van der Waals surface area contributed by atoms with Crippen LogP contribution in [0.25, 0.3) is 15.9 Å². The zero-order valence-corrected chi connectivity index (χ0v) is 17.5. The number of rotatable bonds is 6. The zero-order chi connectivity index (χ0) is 21.8. The molecule has 0 saturated heterocycles. The normalized spacial score (nSPS) is 10.6. The minimum absolute atomic E-state index is 0.122. The van der Waals surface area contributed by atoms with Gasteiger partial charge < -0.3 is 9.47 Å². The number of fused-ring (bicyclic) bond motifs is 1. The summed E-state index contributed by atoms with van der Waals surface area (Å²) in [6.45, 7) is 7.21. The highest BCUT2D eigenvalue weighted by molar-refractivity contribution is 6.33. The second kappa shape index (κ2) is 9.04. The second-order valence-corrected chi connectivity index (χ2v) is 7.34. The molecule has 0 aliphatic heterocycles. The number of carbonyl (C=O) groups is 1. The SMILES string of the molecule is [C-]#[N+]c1cc(Cl)cc(Oc2c(Cl)ccc3c2nnn3CC(=O)OCc2ccccc2)c1. The van der Waals surface area contributed by atoms with Crippen molar-refractivity contribution in [3.8, 4) is 11.5 Å². The van der Waals surface area contributed by atoms with Crippen molar-refractivity contribution in [3.05, 3.63) is 87.7 Å². The fourth-order valence-electron chi connectivity index (χ4n) is 2.90. The fourth-order valence-corrected chi connectivity index (χ4v) is 3.31. The third-order valence-corrected chi connectivity index (χ3v) is 4.84. The number of carbonyl (C=O) groups excluding carboxylic acids is 1. The molecule has 0 radical (unpaired) electrons. The van der Waals surface area contributed by atoms with Gasteiger partial charge in [-0.15, -0.1) is 5.10 Å². The van der Waals surface area contributed by atoms with E-state index in [4.69, 9.17) is 39.2 Å². The lowest BCUT2D eigenvalue weighted by atomic mass is 10.2. The summed E-state index contributed by atoms with van der Waals surface area (Å²) in [5, 5.41) is 8.81. The van der Waals surface area contributed by atoms with Crippen molar-refractivity contribution < 1.29 is 14.3 Å². The molecule has 0 aliphatic carbocycles. The van der Waals surface area contributed by atoms with Crippen LogP contribution in [0.5, 0.6) is 11.5 Å². The van der Waals surface area contributed by atoms with E-state index in [1.165, 1.54) is 10.7 Å². The average molecular weight is 453 g/mol. The van der Waals surface area contributed by atoms with Gasteiger partial charge in [0.2, 0.25) is 0 Å². The van der Waals surface area contributed by atoms with Gasteiger partial charge in [0, 0.05) is 5.02 Å². The molecule has 3 aromatic carbocycles. The van der Waals surface area contributed by atoms with Crippen LogP contribution in [-0.2, 0) is 22.7 Å². The van der Waals surface area contributed by atoms with E-state index in [2.05, 4.69) is 15.2 Å². The Balaban J connectivity index is 1.56. The van der Waals surface area contributed by atoms with Crippen LogP contribution in [0.2, 0.25) is 10.0 Å². The molecule has 0 spiro atoms. The number of hydrogen-bond acceptors (Lipinski definition) is 5. The molecular weight excluding hydrogens is 439 g/mol. The van der Waals surface area contributed by atoms with Gasteiger partial charge >= 0.3 is 5.97 Å². The molecule has 1 heterocycles. The van der Waals surface area contributed by atoms with E-state index in [1.54, 1.807) is 24.3 Å². The standard InChI is InChI=1S/C22H14Cl2N4O3/c1-25-16-9-15(23)10-17(11-16)31-22-18(24)7-8-19-21(22)26-27-28(19)12-20(29)30-13-14-5-3-2-4-6-14/h2-11H,12-13H2. The molecule has 9 heteroatoms. The second-order valence-electron chi connectivity index (χ2n) is 6.50. The number of esters is 1. The fraction of sp³-hybridized carbons (Fsp3) is 0.0909. The summed E-state index contributed by atoms with van der Waals surface area (Å²) in [5.74, 6) is 0.135. The number of halogens is 2. The maximum absolute atomic E-state index is 12.3. The Morgan fingerprint density at radius 2 is 1.90 bits per heavy atom. The van der Waals surface area contributed by atoms with Crippen LogP contribution in [0.3, 0.4) is 0 Å². The molecule has 0 N–H and O–H groups in total. The van der Waals surface area contributed by atoms with Gasteiger partial charge in [0.1, 0.15) is 18.9 Å². The maximum Gasteiger partial charge on any atom is 0.328 e. The quantitative estimate of drug-likeness (QED) is 0.272. The number of hydrogen-bond donors (Lipinski definition) is 0. The van der Waals surface area contributed by atoms with Crippen LogP contribution in [-0.4, -0.2) is 21.0 Å². The first-order chi connectivity index (χ1) is 15.0. The van der Waals surface area contributed by atoms with E-state index in [0.717, 1.165) is 5.56 Å². The van der Waals surface area contributed by atoms with E-state index in [9.17, 15) is 4.79 Å². The van der Waals surface area contributed by atoms with Crippen LogP contribution < -0.4 is 4.74 Å². The van der Waals surface area contributed by atoms with E-state index in [1.807, 2.05) is 30.3 Å². The maximum atomic E-state index is 12.3. The predicted octanol–water partition coefficient (Wildman–Crippen LogP) is 5.82. The molecule has 0 atom stereocenters. The highest BCUT2D eigenvalue weighted by Crippen LogP contribution is 2.37. The lowest BCUT2D eigenvalue weighted by Gasteiger charge is -2.09. The van der Waals surface area contributed by atoms with Crippen molar-refractivity contribution in [2.45, 2.75) is 13.2 Å². The van der Waals surface area contributed by atoms with E-state index in [0.29, 0.717) is 32.5 Å². The summed E-state index contributed by atoms with van der Waals surface area (Å²) >= 11 is 12.4. The van der Waals surface area contributed by atoms with Crippen molar-refractivity contribution in [3.63, 3.8) is 0 Å². The number of benzene rings is 3. The topological polar surface area (TPSA) is 70.6 Å². The minimum atomic E-state index is -0.454. The monoisotopic (exact) mass is 452 g/mol. The molecule has 154 valence electrons. The van der Waals surface area contributed by atoms with Crippen LogP contribution in [0.4, 0.5) is 5.69 Å². The summed E-state index contributed by atoms with van der Waals surface area (Å²) in [5.41, 5.74) is 2.13. The highest BCUT2D eigenvalue weighted by atomic mass is 35.5. The van der Waals surface area contributed by atoms with Crippen molar-refractivity contribution >= 4 is 45.9 Å². The third-order valence-electron chi connectivity index (χ3n) is 4.32. The van der Waals surface area contributed by atoms with Crippen LogP contribution in [0.1, 0.15) is 5.56 Å². The van der Waals surface area contributed by atoms with Gasteiger partial charge in [-0.05, 0) is 35.9 Å². The van der Waals surface area contributed by atoms with E-state index < -0.39 is 5.97 Å². The van der Waals surface area contributed by atoms with Crippen molar-refractivity contribution in [1.82, 2.24) is 15.0 Å². The average Bonchev–Trinajstić information content (AvgIpc) is 3.17. The number of ether oxygens (including phenoxy) is 2. The molecular formula is C22H14Cl2N4O3. The van der Waals surface area contributed by atoms with Crippen molar-refractivity contribution in [1.29, 1.82) is 0 Å². The zero-order valence-electron chi connectivity index (χ0n) is 16.0. The first-order valence-electron chi connectivity index (χ1n) is 9.10. The molecule has 0 unspecified atom stereocenters. The first-order valence-corrected chi connectivity index (χ1v) is 9.86. The molecule has 0 fully saturated rings. The summed E-state index contributed by atoms with van der Waals surface area (Å²) in [4.78, 5) is 15.6. The molecule has 31 heavy (non-hydrogen) atoms. The molecule has 0 saturated carbocycles. The summed E-state index contributed by atoms with van der Waals surface area (Å²) in [6.07, 6.45) is 0. The lowest BCUT2D eigenvalue weighted by molar-refractivity contribution is -0.145. The van der Waals surface area contributed by atoms with E-state index in [-0.39, 0.29) is 18.9 Å². The molecule has 1 aromatic heterocycles. The summed E-state index contributed by atoms with van der Waals surface area (Å²) < 4.78 is 12.6. The van der Waals surface area contributed by atoms with Gasteiger partial charge in [-0.3, -0.25) is 4.79 Å². The van der Waals surface area contributed by atoms with Gasteiger partial charge in [-0.2, -0.15) is 0 Å². The van der Waals surface area contributed by atoms with Crippen LogP contribution in [0.15, 0.2) is 60.7 Å². The Kier molecular flexibility index (Phi) is 6.03. The molecule has 7 nitrogen and oxygen atoms in total. The van der Waals surface area contributed by atoms with Gasteiger partial charge in [0.05, 0.1) is 17.1 Å². The summed E-state index contributed by atoms with van der Waals surface area (Å²) in [7, 11) is 0. The molecule has 4 rings (SSSR count). The van der Waals surface area contributed by atoms with Crippen LogP contribution >= 0.6 is 23.2 Å². The highest BCUT2D eigenvalue weighted by Gasteiger charge is 2.17. The smallest absolute Gasteiger partial charge is 0.328 e. The van der Waals surface area contributed by atoms with Gasteiger partial charge in [-0.25, -0.2) is 9.53 Å².